The first-order valence-corrected chi connectivity index (χ1v) is 6.25. The fourth-order valence-electron chi connectivity index (χ4n) is 2.13. The third-order valence-electron chi connectivity index (χ3n) is 3.24. The Morgan fingerprint density at radius 2 is 1.88 bits per heavy atom. The maximum Gasteiger partial charge on any atom is 0.159 e. The van der Waals surface area contributed by atoms with Gasteiger partial charge in [-0.1, -0.05) is 26.3 Å². The molecule has 0 saturated carbocycles. The highest BCUT2D eigenvalue weighted by Gasteiger charge is 2.15. The third kappa shape index (κ3) is 4.08. The highest BCUT2D eigenvalue weighted by molar-refractivity contribution is 5.18. The summed E-state index contributed by atoms with van der Waals surface area (Å²) >= 11 is 0. The van der Waals surface area contributed by atoms with Crippen molar-refractivity contribution in [3.63, 3.8) is 0 Å². The van der Waals surface area contributed by atoms with Gasteiger partial charge in [0.2, 0.25) is 0 Å². The van der Waals surface area contributed by atoms with Gasteiger partial charge in [-0.15, -0.1) is 0 Å². The van der Waals surface area contributed by atoms with Crippen LogP contribution in [0.15, 0.2) is 18.2 Å². The highest BCUT2D eigenvalue weighted by Crippen LogP contribution is 2.18. The fourth-order valence-corrected chi connectivity index (χ4v) is 2.13. The van der Waals surface area contributed by atoms with E-state index in [9.17, 15) is 8.78 Å². The highest BCUT2D eigenvalue weighted by atomic mass is 19.2. The number of rotatable bonds is 6. The molecule has 0 bridgehead atoms. The Hall–Kier alpha value is -0.960. The quantitative estimate of drug-likeness (QED) is 0.803. The van der Waals surface area contributed by atoms with Crippen molar-refractivity contribution in [1.29, 1.82) is 0 Å². The minimum absolute atomic E-state index is 0.387. The smallest absolute Gasteiger partial charge is 0.159 e. The van der Waals surface area contributed by atoms with Crippen LogP contribution >= 0.6 is 0 Å². The molecule has 1 N–H and O–H groups in total. The summed E-state index contributed by atoms with van der Waals surface area (Å²) in [6.45, 7) is 7.26. The predicted octanol–water partition coefficient (Wildman–Crippen LogP) is 3.53. The van der Waals surface area contributed by atoms with Crippen molar-refractivity contribution in [2.45, 2.75) is 39.7 Å². The lowest BCUT2D eigenvalue weighted by Crippen LogP contribution is -2.34. The van der Waals surface area contributed by atoms with Crippen LogP contribution in [0.3, 0.4) is 0 Å². The number of halogens is 2. The molecule has 2 unspecified atom stereocenters. The van der Waals surface area contributed by atoms with Gasteiger partial charge < -0.3 is 5.32 Å². The Bertz CT molecular complexity index is 352. The number of hydrogen-bond acceptors (Lipinski definition) is 1. The Morgan fingerprint density at radius 3 is 2.41 bits per heavy atom. The molecule has 96 valence electrons. The molecule has 0 aromatic heterocycles. The second-order valence-corrected chi connectivity index (χ2v) is 4.47. The first-order valence-electron chi connectivity index (χ1n) is 6.25. The molecule has 3 heteroatoms. The van der Waals surface area contributed by atoms with Gasteiger partial charge in [0.15, 0.2) is 11.6 Å². The largest absolute Gasteiger partial charge is 0.314 e. The van der Waals surface area contributed by atoms with Crippen molar-refractivity contribution < 1.29 is 8.78 Å². The Balaban J connectivity index is 2.70. The Kier molecular flexibility index (Phi) is 5.56. The fraction of sp³-hybridized carbons (Fsp3) is 0.571. The van der Waals surface area contributed by atoms with E-state index in [1.165, 1.54) is 12.1 Å². The van der Waals surface area contributed by atoms with Gasteiger partial charge in [-0.3, -0.25) is 0 Å². The molecule has 0 spiro atoms. The average Bonchev–Trinajstić information content (AvgIpc) is 2.30. The molecule has 2 atom stereocenters. The van der Waals surface area contributed by atoms with Crippen molar-refractivity contribution in [3.05, 3.63) is 35.4 Å². The summed E-state index contributed by atoms with van der Waals surface area (Å²) in [5, 5.41) is 3.37. The van der Waals surface area contributed by atoms with Gasteiger partial charge in [0, 0.05) is 6.04 Å². The van der Waals surface area contributed by atoms with E-state index in [-0.39, 0.29) is 0 Å². The maximum absolute atomic E-state index is 13.1. The molecule has 0 aliphatic rings. The van der Waals surface area contributed by atoms with Crippen molar-refractivity contribution in [1.82, 2.24) is 5.32 Å². The number of nitrogens with one attached hydrogen (secondary N) is 1. The van der Waals surface area contributed by atoms with Crippen molar-refractivity contribution in [2.24, 2.45) is 5.92 Å². The molecule has 0 heterocycles. The lowest BCUT2D eigenvalue weighted by Gasteiger charge is -2.23. The minimum atomic E-state index is -0.776. The maximum atomic E-state index is 13.1. The molecule has 0 aliphatic heterocycles. The standard InChI is InChI=1S/C14H21F2N/c1-4-12(10(3)17-5-2)8-11-6-7-13(15)14(16)9-11/h6-7,9-10,12,17H,4-5,8H2,1-3H3. The SMILES string of the molecule is CCNC(C)C(CC)Cc1ccc(F)c(F)c1. The molecular weight excluding hydrogens is 220 g/mol. The second kappa shape index (κ2) is 6.70. The van der Waals surface area contributed by atoms with Crippen LogP contribution in [0.25, 0.3) is 0 Å². The molecule has 1 aromatic rings. The molecule has 0 amide bonds. The van der Waals surface area contributed by atoms with Gasteiger partial charge in [-0.05, 0) is 43.5 Å². The number of hydrogen-bond donors (Lipinski definition) is 1. The van der Waals surface area contributed by atoms with Gasteiger partial charge in [0.25, 0.3) is 0 Å². The van der Waals surface area contributed by atoms with Gasteiger partial charge in [0.1, 0.15) is 0 Å². The molecule has 0 fully saturated rings. The summed E-state index contributed by atoms with van der Waals surface area (Å²) in [4.78, 5) is 0. The Morgan fingerprint density at radius 1 is 1.18 bits per heavy atom. The van der Waals surface area contributed by atoms with E-state index in [0.29, 0.717) is 12.0 Å². The summed E-state index contributed by atoms with van der Waals surface area (Å²) in [5.41, 5.74) is 0.862. The number of benzene rings is 1. The van der Waals surface area contributed by atoms with Crippen molar-refractivity contribution in [2.75, 3.05) is 6.54 Å². The molecule has 0 saturated heterocycles. The Labute approximate surface area is 102 Å². The molecule has 1 rings (SSSR count). The zero-order valence-corrected chi connectivity index (χ0v) is 10.8. The van der Waals surface area contributed by atoms with E-state index in [4.69, 9.17) is 0 Å². The van der Waals surface area contributed by atoms with Crippen LogP contribution in [0, 0.1) is 17.6 Å². The molecule has 0 radical (unpaired) electrons. The molecule has 1 aromatic carbocycles. The average molecular weight is 241 g/mol. The third-order valence-corrected chi connectivity index (χ3v) is 3.24. The van der Waals surface area contributed by atoms with Gasteiger partial charge >= 0.3 is 0 Å². The molecular formula is C14H21F2N. The first-order chi connectivity index (χ1) is 8.08. The first kappa shape index (κ1) is 14.1. The monoisotopic (exact) mass is 241 g/mol. The van der Waals surface area contributed by atoms with E-state index >= 15 is 0 Å². The topological polar surface area (TPSA) is 12.0 Å². The molecule has 0 aliphatic carbocycles. The summed E-state index contributed by atoms with van der Waals surface area (Å²) in [6, 6.07) is 4.56. The van der Waals surface area contributed by atoms with Crippen LogP contribution in [0.4, 0.5) is 8.78 Å². The molecule has 17 heavy (non-hydrogen) atoms. The normalized spacial score (nSPS) is 14.6. The van der Waals surface area contributed by atoms with Gasteiger partial charge in [0.05, 0.1) is 0 Å². The summed E-state index contributed by atoms with van der Waals surface area (Å²) in [5.74, 6) is -1.09. The van der Waals surface area contributed by atoms with Crippen molar-refractivity contribution in [3.8, 4) is 0 Å². The van der Waals surface area contributed by atoms with Crippen molar-refractivity contribution >= 4 is 0 Å². The zero-order chi connectivity index (χ0) is 12.8. The van der Waals surface area contributed by atoms with E-state index in [1.54, 1.807) is 6.07 Å². The van der Waals surface area contributed by atoms with Crippen LogP contribution in [0.5, 0.6) is 0 Å². The van der Waals surface area contributed by atoms with Crippen LogP contribution in [-0.4, -0.2) is 12.6 Å². The van der Waals surface area contributed by atoms with E-state index < -0.39 is 11.6 Å². The molecule has 1 nitrogen and oxygen atoms in total. The van der Waals surface area contributed by atoms with Gasteiger partial charge in [-0.25, -0.2) is 8.78 Å². The lowest BCUT2D eigenvalue weighted by molar-refractivity contribution is 0.367. The van der Waals surface area contributed by atoms with E-state index in [0.717, 1.165) is 24.9 Å². The minimum Gasteiger partial charge on any atom is -0.314 e. The van der Waals surface area contributed by atoms with Crippen LogP contribution < -0.4 is 5.32 Å². The predicted molar refractivity (Wildman–Crippen MR) is 67.0 cm³/mol. The van der Waals surface area contributed by atoms with Crippen LogP contribution in [0.1, 0.15) is 32.8 Å². The summed E-state index contributed by atoms with van der Waals surface area (Å²) in [7, 11) is 0. The summed E-state index contributed by atoms with van der Waals surface area (Å²) in [6.07, 6.45) is 1.80. The van der Waals surface area contributed by atoms with Crippen LogP contribution in [-0.2, 0) is 6.42 Å². The lowest BCUT2D eigenvalue weighted by atomic mass is 9.90. The van der Waals surface area contributed by atoms with E-state index in [1.807, 2.05) is 0 Å². The summed E-state index contributed by atoms with van der Waals surface area (Å²) < 4.78 is 25.9. The van der Waals surface area contributed by atoms with Gasteiger partial charge in [-0.2, -0.15) is 0 Å². The zero-order valence-electron chi connectivity index (χ0n) is 10.8. The second-order valence-electron chi connectivity index (χ2n) is 4.47. The van der Waals surface area contributed by atoms with E-state index in [2.05, 4.69) is 26.1 Å². The van der Waals surface area contributed by atoms with Crippen LogP contribution in [0.2, 0.25) is 0 Å².